The topological polar surface area (TPSA) is 12.9 Å². The average Bonchev–Trinajstić information content (AvgIpc) is 2.31. The van der Waals surface area contributed by atoms with Crippen molar-refractivity contribution in [2.75, 3.05) is 0 Å². The molecule has 0 fully saturated rings. The Hall–Kier alpha value is -1.60. The number of hydrogen-bond donors (Lipinski definition) is 0. The van der Waals surface area contributed by atoms with Crippen molar-refractivity contribution in [2.45, 2.75) is 0 Å². The average molecular weight is 216 g/mol. The van der Waals surface area contributed by atoms with Crippen LogP contribution in [0.3, 0.4) is 0 Å². The monoisotopic (exact) mass is 215 g/mol. The Bertz CT molecular complexity index is 448. The molecule has 0 saturated carbocycles. The van der Waals surface area contributed by atoms with E-state index >= 15 is 0 Å². The van der Waals surface area contributed by atoms with Crippen LogP contribution in [0.1, 0.15) is 11.1 Å². The molecule has 0 amide bonds. The van der Waals surface area contributed by atoms with Crippen molar-refractivity contribution >= 4 is 22.7 Å². The van der Waals surface area contributed by atoms with E-state index in [9.17, 15) is 0 Å². The van der Waals surface area contributed by atoms with Crippen molar-refractivity contribution in [3.63, 3.8) is 0 Å². The van der Waals surface area contributed by atoms with Gasteiger partial charge in [-0.1, -0.05) is 41.9 Å². The number of benzene rings is 1. The highest BCUT2D eigenvalue weighted by atomic mass is 35.5. The zero-order chi connectivity index (χ0) is 10.5. The number of pyridine rings is 1. The first kappa shape index (κ1) is 9.94. The Morgan fingerprint density at radius 3 is 2.33 bits per heavy atom. The van der Waals surface area contributed by atoms with Crippen LogP contribution in [0.2, 0.25) is 0 Å². The Kier molecular flexibility index (Phi) is 3.15. The van der Waals surface area contributed by atoms with Gasteiger partial charge < -0.3 is 0 Å². The summed E-state index contributed by atoms with van der Waals surface area (Å²) in [6.45, 7) is 0. The predicted molar refractivity (Wildman–Crippen MR) is 64.4 cm³/mol. The lowest BCUT2D eigenvalue weighted by atomic mass is 10.1. The summed E-state index contributed by atoms with van der Waals surface area (Å²) in [6, 6.07) is 13.8. The molecular weight excluding hydrogens is 206 g/mol. The number of hydrogen-bond acceptors (Lipinski definition) is 1. The van der Waals surface area contributed by atoms with Crippen molar-refractivity contribution in [1.82, 2.24) is 4.98 Å². The van der Waals surface area contributed by atoms with Gasteiger partial charge in [0.05, 0.1) is 0 Å². The van der Waals surface area contributed by atoms with Crippen LogP contribution in [-0.4, -0.2) is 4.98 Å². The first-order chi connectivity index (χ1) is 7.36. The Morgan fingerprint density at radius 1 is 1.00 bits per heavy atom. The highest BCUT2D eigenvalue weighted by Gasteiger charge is 1.96. The molecule has 0 saturated heterocycles. The van der Waals surface area contributed by atoms with Crippen LogP contribution in [0.5, 0.6) is 0 Å². The molecule has 2 rings (SSSR count). The molecule has 0 aliphatic heterocycles. The summed E-state index contributed by atoms with van der Waals surface area (Å²) < 4.78 is 0. The normalized spacial score (nSPS) is 11.4. The van der Waals surface area contributed by atoms with E-state index in [-0.39, 0.29) is 0 Å². The molecule has 15 heavy (non-hydrogen) atoms. The van der Waals surface area contributed by atoms with Crippen LogP contribution in [0.15, 0.2) is 54.9 Å². The minimum absolute atomic E-state index is 0.726. The number of nitrogens with zero attached hydrogens (tertiary/aromatic N) is 1. The summed E-state index contributed by atoms with van der Waals surface area (Å²) in [7, 11) is 0. The minimum atomic E-state index is 0.726. The third kappa shape index (κ3) is 2.67. The largest absolute Gasteiger partial charge is 0.265 e. The fraction of sp³-hybridized carbons (Fsp3) is 0. The molecule has 0 aliphatic rings. The van der Waals surface area contributed by atoms with Crippen molar-refractivity contribution in [3.05, 3.63) is 66.0 Å². The van der Waals surface area contributed by atoms with E-state index in [0.717, 1.165) is 16.2 Å². The lowest BCUT2D eigenvalue weighted by molar-refractivity contribution is 1.32. The van der Waals surface area contributed by atoms with E-state index < -0.39 is 0 Å². The second-order valence-electron chi connectivity index (χ2n) is 3.14. The van der Waals surface area contributed by atoms with Gasteiger partial charge in [-0.05, 0) is 29.3 Å². The summed E-state index contributed by atoms with van der Waals surface area (Å²) in [4.78, 5) is 3.95. The van der Waals surface area contributed by atoms with Gasteiger partial charge >= 0.3 is 0 Å². The van der Waals surface area contributed by atoms with Crippen molar-refractivity contribution in [3.8, 4) is 0 Å². The molecule has 0 bridgehead atoms. The third-order valence-corrected chi connectivity index (χ3v) is 2.38. The van der Waals surface area contributed by atoms with Gasteiger partial charge in [0.15, 0.2) is 0 Å². The van der Waals surface area contributed by atoms with E-state index in [4.69, 9.17) is 11.6 Å². The summed E-state index contributed by atoms with van der Waals surface area (Å²) in [6.07, 6.45) is 5.41. The van der Waals surface area contributed by atoms with Gasteiger partial charge in [0.2, 0.25) is 0 Å². The maximum atomic E-state index is 6.17. The molecule has 0 N–H and O–H groups in total. The van der Waals surface area contributed by atoms with Crippen LogP contribution in [0.4, 0.5) is 0 Å². The van der Waals surface area contributed by atoms with Crippen LogP contribution < -0.4 is 0 Å². The Balaban J connectivity index is 2.29. The number of rotatable bonds is 2. The van der Waals surface area contributed by atoms with E-state index in [0.29, 0.717) is 0 Å². The van der Waals surface area contributed by atoms with Gasteiger partial charge in [-0.15, -0.1) is 0 Å². The van der Waals surface area contributed by atoms with Gasteiger partial charge in [-0.25, -0.2) is 0 Å². The first-order valence-electron chi connectivity index (χ1n) is 4.69. The molecule has 0 unspecified atom stereocenters. The molecular formula is C13H10ClN. The molecule has 2 aromatic rings. The highest BCUT2D eigenvalue weighted by Crippen LogP contribution is 2.20. The molecule has 1 nitrogen and oxygen atoms in total. The van der Waals surface area contributed by atoms with Gasteiger partial charge in [-0.2, -0.15) is 0 Å². The van der Waals surface area contributed by atoms with Crippen LogP contribution in [-0.2, 0) is 0 Å². The maximum Gasteiger partial charge on any atom is 0.0485 e. The third-order valence-electron chi connectivity index (χ3n) is 2.05. The molecule has 0 radical (unpaired) electrons. The lowest BCUT2D eigenvalue weighted by Crippen LogP contribution is -1.78. The second-order valence-corrected chi connectivity index (χ2v) is 3.55. The van der Waals surface area contributed by atoms with E-state index in [2.05, 4.69) is 4.98 Å². The molecule has 2 heteroatoms. The fourth-order valence-corrected chi connectivity index (χ4v) is 1.54. The van der Waals surface area contributed by atoms with Crippen LogP contribution in [0.25, 0.3) is 11.1 Å². The SMILES string of the molecule is Cl/C(=C/c1ccccc1)c1ccncc1. The van der Waals surface area contributed by atoms with E-state index in [1.807, 2.05) is 48.5 Å². The standard InChI is InChI=1S/C13H10ClN/c14-13(12-6-8-15-9-7-12)10-11-4-2-1-3-5-11/h1-10H/b13-10+. The van der Waals surface area contributed by atoms with Gasteiger partial charge in [-0.3, -0.25) is 4.98 Å². The maximum absolute atomic E-state index is 6.17. The quantitative estimate of drug-likeness (QED) is 0.742. The lowest BCUT2D eigenvalue weighted by Gasteiger charge is -1.98. The molecule has 1 aromatic carbocycles. The molecule has 0 aliphatic carbocycles. The molecule has 1 heterocycles. The van der Waals surface area contributed by atoms with Crippen LogP contribution >= 0.6 is 11.6 Å². The second kappa shape index (κ2) is 4.76. The highest BCUT2D eigenvalue weighted by molar-refractivity contribution is 6.51. The fourth-order valence-electron chi connectivity index (χ4n) is 1.29. The number of aromatic nitrogens is 1. The van der Waals surface area contributed by atoms with Gasteiger partial charge in [0, 0.05) is 17.4 Å². The van der Waals surface area contributed by atoms with Crippen molar-refractivity contribution in [1.29, 1.82) is 0 Å². The summed E-state index contributed by atoms with van der Waals surface area (Å²) in [5.41, 5.74) is 2.08. The van der Waals surface area contributed by atoms with Crippen molar-refractivity contribution < 1.29 is 0 Å². The van der Waals surface area contributed by atoms with Gasteiger partial charge in [0.25, 0.3) is 0 Å². The van der Waals surface area contributed by atoms with E-state index in [1.54, 1.807) is 12.4 Å². The molecule has 0 spiro atoms. The summed E-state index contributed by atoms with van der Waals surface area (Å²) >= 11 is 6.17. The Labute approximate surface area is 94.1 Å². The minimum Gasteiger partial charge on any atom is -0.265 e. The summed E-state index contributed by atoms with van der Waals surface area (Å²) in [5.74, 6) is 0. The molecule has 74 valence electrons. The van der Waals surface area contributed by atoms with E-state index in [1.165, 1.54) is 0 Å². The zero-order valence-corrected chi connectivity index (χ0v) is 8.85. The van der Waals surface area contributed by atoms with Crippen LogP contribution in [0, 0.1) is 0 Å². The smallest absolute Gasteiger partial charge is 0.0485 e. The Morgan fingerprint density at radius 2 is 1.67 bits per heavy atom. The van der Waals surface area contributed by atoms with Crippen molar-refractivity contribution in [2.24, 2.45) is 0 Å². The molecule has 0 atom stereocenters. The predicted octanol–water partition coefficient (Wildman–Crippen LogP) is 3.82. The summed E-state index contributed by atoms with van der Waals surface area (Å²) in [5, 5.41) is 0.726. The van der Waals surface area contributed by atoms with Gasteiger partial charge in [0.1, 0.15) is 0 Å². The zero-order valence-electron chi connectivity index (χ0n) is 8.10. The molecule has 1 aromatic heterocycles. The number of halogens is 1. The first-order valence-corrected chi connectivity index (χ1v) is 5.07.